The molecular formula is C15H26N4O4. The maximum absolute atomic E-state index is 12.2. The lowest BCUT2D eigenvalue weighted by Crippen LogP contribution is -2.51. The van der Waals surface area contributed by atoms with Crippen LogP contribution in [0.4, 0.5) is 4.79 Å². The van der Waals surface area contributed by atoms with E-state index >= 15 is 0 Å². The summed E-state index contributed by atoms with van der Waals surface area (Å²) >= 11 is 0. The summed E-state index contributed by atoms with van der Waals surface area (Å²) in [7, 11) is 0. The van der Waals surface area contributed by atoms with Gasteiger partial charge in [-0.15, -0.1) is 0 Å². The number of hydrogen-bond donors (Lipinski definition) is 0. The van der Waals surface area contributed by atoms with E-state index in [-0.39, 0.29) is 12.0 Å². The van der Waals surface area contributed by atoms with Crippen molar-refractivity contribution in [3.8, 4) is 0 Å². The first-order valence-corrected chi connectivity index (χ1v) is 8.25. The maximum Gasteiger partial charge on any atom is 0.409 e. The van der Waals surface area contributed by atoms with Gasteiger partial charge in [-0.3, -0.25) is 14.5 Å². The molecule has 0 N–H and O–H groups in total. The smallest absolute Gasteiger partial charge is 0.409 e. The van der Waals surface area contributed by atoms with Gasteiger partial charge < -0.3 is 19.4 Å². The molecule has 0 aliphatic carbocycles. The zero-order valence-electron chi connectivity index (χ0n) is 13.8. The molecule has 8 heteroatoms. The first-order chi connectivity index (χ1) is 11.1. The number of amides is 3. The molecule has 130 valence electrons. The number of carbonyl (C=O) groups is 3. The van der Waals surface area contributed by atoms with Crippen molar-refractivity contribution in [2.45, 2.75) is 13.3 Å². The van der Waals surface area contributed by atoms with Gasteiger partial charge in [-0.05, 0) is 6.92 Å². The fourth-order valence-electron chi connectivity index (χ4n) is 2.86. The van der Waals surface area contributed by atoms with Crippen molar-refractivity contribution in [3.63, 3.8) is 0 Å². The molecule has 2 aliphatic rings. The van der Waals surface area contributed by atoms with Crippen LogP contribution in [0.5, 0.6) is 0 Å². The molecule has 0 bridgehead atoms. The summed E-state index contributed by atoms with van der Waals surface area (Å²) in [6.07, 6.45) is 1.07. The van der Waals surface area contributed by atoms with Crippen LogP contribution in [0.3, 0.4) is 0 Å². The highest BCUT2D eigenvalue weighted by molar-refractivity contribution is 5.76. The van der Waals surface area contributed by atoms with Gasteiger partial charge in [-0.25, -0.2) is 4.79 Å². The molecule has 2 heterocycles. The summed E-state index contributed by atoms with van der Waals surface area (Å²) in [5.74, 6) is 0.142. The van der Waals surface area contributed by atoms with Gasteiger partial charge in [-0.1, -0.05) is 0 Å². The molecule has 2 aliphatic heterocycles. The number of hydrogen-bond acceptors (Lipinski definition) is 5. The molecule has 2 rings (SSSR count). The standard InChI is InChI=1S/C15H26N4O4/c1-2-23-15(22)19-11-5-16(6-12-19)4-3-14(21)18-9-7-17(13-20)8-10-18/h13H,2-12H2,1H3. The van der Waals surface area contributed by atoms with Crippen LogP contribution >= 0.6 is 0 Å². The lowest BCUT2D eigenvalue weighted by Gasteiger charge is -2.35. The van der Waals surface area contributed by atoms with Crippen molar-refractivity contribution < 1.29 is 19.1 Å². The van der Waals surface area contributed by atoms with E-state index < -0.39 is 0 Å². The monoisotopic (exact) mass is 326 g/mol. The average molecular weight is 326 g/mol. The molecule has 3 amide bonds. The van der Waals surface area contributed by atoms with E-state index in [0.29, 0.717) is 58.8 Å². The van der Waals surface area contributed by atoms with E-state index in [0.717, 1.165) is 19.5 Å². The van der Waals surface area contributed by atoms with Crippen molar-refractivity contribution in [1.82, 2.24) is 19.6 Å². The minimum absolute atomic E-state index is 0.142. The van der Waals surface area contributed by atoms with Gasteiger partial charge >= 0.3 is 6.09 Å². The summed E-state index contributed by atoms with van der Waals surface area (Å²) in [6, 6.07) is 0. The number of piperazine rings is 2. The minimum Gasteiger partial charge on any atom is -0.450 e. The molecule has 2 saturated heterocycles. The minimum atomic E-state index is -0.253. The Balaban J connectivity index is 1.64. The first kappa shape index (κ1) is 17.5. The van der Waals surface area contributed by atoms with Crippen LogP contribution in [-0.4, -0.2) is 104 Å². The third kappa shape index (κ3) is 5.09. The second kappa shape index (κ2) is 8.71. The van der Waals surface area contributed by atoms with E-state index in [1.807, 2.05) is 4.90 Å². The van der Waals surface area contributed by atoms with E-state index in [4.69, 9.17) is 4.74 Å². The Morgan fingerprint density at radius 3 is 2.13 bits per heavy atom. The van der Waals surface area contributed by atoms with E-state index in [9.17, 15) is 14.4 Å². The Hall–Kier alpha value is -1.83. The van der Waals surface area contributed by atoms with Crippen LogP contribution in [0.25, 0.3) is 0 Å². The van der Waals surface area contributed by atoms with Gasteiger partial charge in [0.05, 0.1) is 6.61 Å². The highest BCUT2D eigenvalue weighted by Gasteiger charge is 2.24. The lowest BCUT2D eigenvalue weighted by atomic mass is 10.2. The van der Waals surface area contributed by atoms with Crippen molar-refractivity contribution in [3.05, 3.63) is 0 Å². The van der Waals surface area contributed by atoms with Crippen molar-refractivity contribution in [2.75, 3.05) is 65.5 Å². The highest BCUT2D eigenvalue weighted by Crippen LogP contribution is 2.07. The average Bonchev–Trinajstić information content (AvgIpc) is 2.60. The summed E-state index contributed by atoms with van der Waals surface area (Å²) in [5.41, 5.74) is 0. The molecule has 0 aromatic rings. The van der Waals surface area contributed by atoms with E-state index in [2.05, 4.69) is 4.90 Å². The Morgan fingerprint density at radius 2 is 1.57 bits per heavy atom. The third-order valence-electron chi connectivity index (χ3n) is 4.36. The Labute approximate surface area is 136 Å². The van der Waals surface area contributed by atoms with Gasteiger partial charge in [0.15, 0.2) is 0 Å². The molecule has 8 nitrogen and oxygen atoms in total. The Kier molecular flexibility index (Phi) is 6.64. The molecule has 0 atom stereocenters. The van der Waals surface area contributed by atoms with Crippen LogP contribution in [0.2, 0.25) is 0 Å². The van der Waals surface area contributed by atoms with Gasteiger partial charge in [0.25, 0.3) is 0 Å². The molecule has 0 radical (unpaired) electrons. The zero-order chi connectivity index (χ0) is 16.7. The SMILES string of the molecule is CCOC(=O)N1CCN(CCC(=O)N2CCN(C=O)CC2)CC1. The molecule has 0 aromatic heterocycles. The Bertz CT molecular complexity index is 416. The number of carbonyl (C=O) groups excluding carboxylic acids is 3. The fraction of sp³-hybridized carbons (Fsp3) is 0.800. The lowest BCUT2D eigenvalue weighted by molar-refractivity contribution is -0.135. The van der Waals surface area contributed by atoms with Crippen LogP contribution < -0.4 is 0 Å². The second-order valence-corrected chi connectivity index (χ2v) is 5.80. The summed E-state index contributed by atoms with van der Waals surface area (Å²) in [6.45, 7) is 8.21. The molecule has 2 fully saturated rings. The number of ether oxygens (including phenoxy) is 1. The van der Waals surface area contributed by atoms with Gasteiger partial charge in [0.2, 0.25) is 12.3 Å². The zero-order valence-corrected chi connectivity index (χ0v) is 13.8. The van der Waals surface area contributed by atoms with Gasteiger partial charge in [0.1, 0.15) is 0 Å². The fourth-order valence-corrected chi connectivity index (χ4v) is 2.86. The normalized spacial score (nSPS) is 19.6. The molecule has 23 heavy (non-hydrogen) atoms. The molecular weight excluding hydrogens is 300 g/mol. The molecule has 0 aromatic carbocycles. The number of nitrogens with zero attached hydrogens (tertiary/aromatic N) is 4. The summed E-state index contributed by atoms with van der Waals surface area (Å²) < 4.78 is 4.99. The summed E-state index contributed by atoms with van der Waals surface area (Å²) in [5, 5.41) is 0. The predicted octanol–water partition coefficient (Wildman–Crippen LogP) is -0.549. The first-order valence-electron chi connectivity index (χ1n) is 8.25. The highest BCUT2D eigenvalue weighted by atomic mass is 16.6. The Morgan fingerprint density at radius 1 is 0.957 bits per heavy atom. The van der Waals surface area contributed by atoms with Crippen LogP contribution in [0.15, 0.2) is 0 Å². The van der Waals surface area contributed by atoms with Gasteiger partial charge in [0, 0.05) is 65.3 Å². The van der Waals surface area contributed by atoms with E-state index in [1.165, 1.54) is 0 Å². The van der Waals surface area contributed by atoms with E-state index in [1.54, 1.807) is 16.7 Å². The topological polar surface area (TPSA) is 73.4 Å². The quantitative estimate of drug-likeness (QED) is 0.634. The van der Waals surface area contributed by atoms with Crippen LogP contribution in [-0.2, 0) is 14.3 Å². The maximum atomic E-state index is 12.2. The summed E-state index contributed by atoms with van der Waals surface area (Å²) in [4.78, 5) is 41.9. The van der Waals surface area contributed by atoms with Crippen LogP contribution in [0, 0.1) is 0 Å². The van der Waals surface area contributed by atoms with Crippen molar-refractivity contribution in [2.24, 2.45) is 0 Å². The number of rotatable bonds is 5. The molecule has 0 unspecified atom stereocenters. The van der Waals surface area contributed by atoms with Crippen molar-refractivity contribution >= 4 is 18.4 Å². The van der Waals surface area contributed by atoms with Gasteiger partial charge in [-0.2, -0.15) is 0 Å². The van der Waals surface area contributed by atoms with Crippen LogP contribution in [0.1, 0.15) is 13.3 Å². The largest absolute Gasteiger partial charge is 0.450 e. The van der Waals surface area contributed by atoms with Crippen molar-refractivity contribution in [1.29, 1.82) is 0 Å². The predicted molar refractivity (Wildman–Crippen MR) is 83.9 cm³/mol. The molecule has 0 spiro atoms. The molecule has 0 saturated carbocycles. The second-order valence-electron chi connectivity index (χ2n) is 5.80. The third-order valence-corrected chi connectivity index (χ3v) is 4.36.